The molecule has 0 amide bonds. The first-order valence-electron chi connectivity index (χ1n) is 6.54. The van der Waals surface area contributed by atoms with E-state index >= 15 is 0 Å². The molecule has 5 heteroatoms. The van der Waals surface area contributed by atoms with Gasteiger partial charge in [-0.1, -0.05) is 22.9 Å². The van der Waals surface area contributed by atoms with Crippen LogP contribution in [-0.2, 0) is 13.2 Å². The molecule has 2 rings (SSSR count). The Bertz CT molecular complexity index is 557. The Morgan fingerprint density at radius 2 is 2.20 bits per heavy atom. The number of rotatable bonds is 7. The molecule has 1 heterocycles. The van der Waals surface area contributed by atoms with E-state index in [1.165, 1.54) is 6.07 Å². The van der Waals surface area contributed by atoms with Crippen LogP contribution < -0.4 is 10.1 Å². The smallest absolute Gasteiger partial charge is 0.166 e. The highest BCUT2D eigenvalue weighted by Gasteiger charge is 2.09. The Morgan fingerprint density at radius 1 is 1.35 bits per heavy atom. The summed E-state index contributed by atoms with van der Waals surface area (Å²) in [6.07, 6.45) is 2.69. The van der Waals surface area contributed by atoms with Crippen LogP contribution in [0.15, 0.2) is 39.4 Å². The maximum absolute atomic E-state index is 13.6. The van der Waals surface area contributed by atoms with Crippen molar-refractivity contribution < 1.29 is 13.5 Å². The number of ether oxygens (including phenoxy) is 1. The van der Waals surface area contributed by atoms with Crippen LogP contribution in [0.1, 0.15) is 24.7 Å². The lowest BCUT2D eigenvalue weighted by Gasteiger charge is -2.08. The monoisotopic (exact) mass is 341 g/mol. The second-order valence-electron chi connectivity index (χ2n) is 4.41. The van der Waals surface area contributed by atoms with Crippen LogP contribution in [0.5, 0.6) is 5.75 Å². The fourth-order valence-electron chi connectivity index (χ4n) is 1.78. The Balaban J connectivity index is 1.95. The van der Waals surface area contributed by atoms with E-state index < -0.39 is 0 Å². The standard InChI is InChI=1S/C15H17BrFNO2/c1-2-6-18-9-15-11(5-7-19-15)10-20-14-4-3-12(16)8-13(14)17/h3-5,7-8,18H,2,6,9-10H2,1H3. The van der Waals surface area contributed by atoms with Gasteiger partial charge in [-0.2, -0.15) is 0 Å². The molecule has 0 saturated carbocycles. The molecule has 0 radical (unpaired) electrons. The second kappa shape index (κ2) is 7.45. The molecule has 1 aromatic heterocycles. The van der Waals surface area contributed by atoms with Gasteiger partial charge in [0.15, 0.2) is 11.6 Å². The van der Waals surface area contributed by atoms with Gasteiger partial charge < -0.3 is 14.5 Å². The first-order chi connectivity index (χ1) is 9.70. The van der Waals surface area contributed by atoms with Gasteiger partial charge in [0.2, 0.25) is 0 Å². The van der Waals surface area contributed by atoms with Crippen LogP contribution >= 0.6 is 15.9 Å². The predicted octanol–water partition coefficient (Wildman–Crippen LogP) is 4.26. The summed E-state index contributed by atoms with van der Waals surface area (Å²) in [4.78, 5) is 0. The van der Waals surface area contributed by atoms with E-state index in [9.17, 15) is 4.39 Å². The van der Waals surface area contributed by atoms with Crippen LogP contribution in [0.2, 0.25) is 0 Å². The van der Waals surface area contributed by atoms with Crippen LogP contribution in [0, 0.1) is 5.82 Å². The van der Waals surface area contributed by atoms with Gasteiger partial charge in [-0.25, -0.2) is 4.39 Å². The molecule has 0 aliphatic heterocycles. The summed E-state index contributed by atoms with van der Waals surface area (Å²) in [5.41, 5.74) is 0.927. The summed E-state index contributed by atoms with van der Waals surface area (Å²) in [6, 6.07) is 6.58. The van der Waals surface area contributed by atoms with Gasteiger partial charge in [0.05, 0.1) is 12.8 Å². The molecular weight excluding hydrogens is 325 g/mol. The van der Waals surface area contributed by atoms with E-state index in [4.69, 9.17) is 9.15 Å². The van der Waals surface area contributed by atoms with E-state index in [0.717, 1.165) is 24.3 Å². The number of hydrogen-bond donors (Lipinski definition) is 1. The molecule has 0 aliphatic carbocycles. The van der Waals surface area contributed by atoms with Crippen molar-refractivity contribution in [2.45, 2.75) is 26.5 Å². The zero-order valence-electron chi connectivity index (χ0n) is 11.3. The molecule has 0 unspecified atom stereocenters. The lowest BCUT2D eigenvalue weighted by Crippen LogP contribution is -2.14. The zero-order valence-corrected chi connectivity index (χ0v) is 12.9. The number of furan rings is 1. The third kappa shape index (κ3) is 4.08. The van der Waals surface area contributed by atoms with Gasteiger partial charge in [0.1, 0.15) is 12.4 Å². The summed E-state index contributed by atoms with van der Waals surface area (Å²) in [5, 5.41) is 3.27. The minimum Gasteiger partial charge on any atom is -0.486 e. The van der Waals surface area contributed by atoms with E-state index in [2.05, 4.69) is 28.2 Å². The number of nitrogens with one attached hydrogen (secondary N) is 1. The van der Waals surface area contributed by atoms with Crippen molar-refractivity contribution in [1.82, 2.24) is 5.32 Å². The van der Waals surface area contributed by atoms with E-state index in [1.807, 2.05) is 6.07 Å². The number of halogens is 2. The van der Waals surface area contributed by atoms with Gasteiger partial charge in [0.25, 0.3) is 0 Å². The Kier molecular flexibility index (Phi) is 5.61. The highest BCUT2D eigenvalue weighted by atomic mass is 79.9. The fourth-order valence-corrected chi connectivity index (χ4v) is 2.11. The maximum atomic E-state index is 13.6. The Hall–Kier alpha value is -1.33. The van der Waals surface area contributed by atoms with Crippen molar-refractivity contribution in [3.05, 3.63) is 52.1 Å². The van der Waals surface area contributed by atoms with Gasteiger partial charge in [-0.15, -0.1) is 0 Å². The number of benzene rings is 1. The van der Waals surface area contributed by atoms with Gasteiger partial charge in [-0.3, -0.25) is 0 Å². The first kappa shape index (κ1) is 15.1. The molecule has 0 fully saturated rings. The fraction of sp³-hybridized carbons (Fsp3) is 0.333. The lowest BCUT2D eigenvalue weighted by molar-refractivity contribution is 0.286. The van der Waals surface area contributed by atoms with Crippen molar-refractivity contribution >= 4 is 15.9 Å². The van der Waals surface area contributed by atoms with Crippen molar-refractivity contribution in [1.29, 1.82) is 0 Å². The zero-order chi connectivity index (χ0) is 14.4. The molecule has 108 valence electrons. The third-order valence-electron chi connectivity index (χ3n) is 2.83. The average molecular weight is 342 g/mol. The molecule has 3 nitrogen and oxygen atoms in total. The first-order valence-corrected chi connectivity index (χ1v) is 7.33. The summed E-state index contributed by atoms with van der Waals surface area (Å²) in [6.45, 7) is 3.98. The van der Waals surface area contributed by atoms with Crippen molar-refractivity contribution in [3.63, 3.8) is 0 Å². The normalized spacial score (nSPS) is 10.8. The average Bonchev–Trinajstić information content (AvgIpc) is 2.86. The number of hydrogen-bond acceptors (Lipinski definition) is 3. The molecule has 0 atom stereocenters. The Morgan fingerprint density at radius 3 is 2.95 bits per heavy atom. The summed E-state index contributed by atoms with van der Waals surface area (Å²) >= 11 is 3.21. The summed E-state index contributed by atoms with van der Waals surface area (Å²) in [7, 11) is 0. The van der Waals surface area contributed by atoms with Crippen molar-refractivity contribution in [2.24, 2.45) is 0 Å². The molecule has 20 heavy (non-hydrogen) atoms. The molecule has 1 aromatic carbocycles. The van der Waals surface area contributed by atoms with E-state index in [-0.39, 0.29) is 18.2 Å². The molecule has 0 saturated heterocycles. The third-order valence-corrected chi connectivity index (χ3v) is 3.32. The van der Waals surface area contributed by atoms with Crippen LogP contribution in [-0.4, -0.2) is 6.54 Å². The summed E-state index contributed by atoms with van der Waals surface area (Å²) < 4.78 is 25.2. The quantitative estimate of drug-likeness (QED) is 0.764. The van der Waals surface area contributed by atoms with Gasteiger partial charge in [-0.05, 0) is 37.2 Å². The summed E-state index contributed by atoms with van der Waals surface area (Å²) in [5.74, 6) is 0.686. The van der Waals surface area contributed by atoms with Crippen LogP contribution in [0.4, 0.5) is 4.39 Å². The molecule has 2 aromatic rings. The molecule has 0 spiro atoms. The van der Waals surface area contributed by atoms with Gasteiger partial charge in [0, 0.05) is 10.0 Å². The molecule has 0 aliphatic rings. The largest absolute Gasteiger partial charge is 0.486 e. The van der Waals surface area contributed by atoms with Crippen LogP contribution in [0.3, 0.4) is 0 Å². The molecule has 1 N–H and O–H groups in total. The molecular formula is C15H17BrFNO2. The van der Waals surface area contributed by atoms with E-state index in [1.54, 1.807) is 18.4 Å². The topological polar surface area (TPSA) is 34.4 Å². The van der Waals surface area contributed by atoms with Crippen molar-refractivity contribution in [3.8, 4) is 5.75 Å². The van der Waals surface area contributed by atoms with Gasteiger partial charge >= 0.3 is 0 Å². The predicted molar refractivity (Wildman–Crippen MR) is 79.1 cm³/mol. The lowest BCUT2D eigenvalue weighted by atomic mass is 10.2. The minimum atomic E-state index is -0.381. The highest BCUT2D eigenvalue weighted by Crippen LogP contribution is 2.23. The highest BCUT2D eigenvalue weighted by molar-refractivity contribution is 9.10. The SMILES string of the molecule is CCCNCc1occc1COc1ccc(Br)cc1F. The maximum Gasteiger partial charge on any atom is 0.166 e. The minimum absolute atomic E-state index is 0.238. The van der Waals surface area contributed by atoms with Crippen LogP contribution in [0.25, 0.3) is 0 Å². The second-order valence-corrected chi connectivity index (χ2v) is 5.32. The Labute approximate surface area is 126 Å². The van der Waals surface area contributed by atoms with Crippen molar-refractivity contribution in [2.75, 3.05) is 6.54 Å². The molecule has 0 bridgehead atoms. The van der Waals surface area contributed by atoms with E-state index in [0.29, 0.717) is 11.0 Å².